The summed E-state index contributed by atoms with van der Waals surface area (Å²) in [5.74, 6) is -0.0969. The maximum Gasteiger partial charge on any atom is 0.420 e. The molecule has 4 aromatic rings. The maximum absolute atomic E-state index is 12.3. The molecule has 0 bridgehead atoms. The lowest BCUT2D eigenvalue weighted by Gasteiger charge is -2.06. The van der Waals surface area contributed by atoms with Crippen LogP contribution in [0.4, 0.5) is 5.82 Å². The molecule has 25 heavy (non-hydrogen) atoms. The van der Waals surface area contributed by atoms with Gasteiger partial charge in [0.15, 0.2) is 5.58 Å². The van der Waals surface area contributed by atoms with E-state index in [2.05, 4.69) is 20.3 Å². The highest BCUT2D eigenvalue weighted by atomic mass is 16.4. The van der Waals surface area contributed by atoms with Gasteiger partial charge in [0.25, 0.3) is 0 Å². The summed E-state index contributed by atoms with van der Waals surface area (Å²) >= 11 is 0. The van der Waals surface area contributed by atoms with E-state index in [-0.39, 0.29) is 6.54 Å². The lowest BCUT2D eigenvalue weighted by atomic mass is 10.3. The van der Waals surface area contributed by atoms with E-state index in [0.29, 0.717) is 22.7 Å². The minimum absolute atomic E-state index is 0.180. The Bertz CT molecular complexity index is 1100. The Morgan fingerprint density at radius 2 is 2.12 bits per heavy atom. The second-order valence-corrected chi connectivity index (χ2v) is 5.20. The molecule has 4 rings (SSSR count). The molecule has 9 nitrogen and oxygen atoms in total. The highest BCUT2D eigenvalue weighted by Gasteiger charge is 2.13. The molecule has 1 amide bonds. The lowest BCUT2D eigenvalue weighted by Crippen LogP contribution is -2.25. The number of nitrogens with one attached hydrogen (secondary N) is 1. The van der Waals surface area contributed by atoms with Crippen LogP contribution in [-0.4, -0.2) is 30.0 Å². The Hall–Kier alpha value is -3.75. The molecule has 0 saturated heterocycles. The molecule has 3 aromatic heterocycles. The summed E-state index contributed by atoms with van der Waals surface area (Å²) in [5.41, 5.74) is 0.995. The monoisotopic (exact) mass is 336 g/mol. The first kappa shape index (κ1) is 14.8. The number of rotatable bonds is 4. The zero-order valence-electron chi connectivity index (χ0n) is 12.9. The van der Waals surface area contributed by atoms with Crippen LogP contribution in [-0.2, 0) is 11.3 Å². The summed E-state index contributed by atoms with van der Waals surface area (Å²) in [6.45, 7) is -0.180. The molecule has 0 saturated carbocycles. The van der Waals surface area contributed by atoms with Crippen LogP contribution in [0.25, 0.3) is 16.9 Å². The second kappa shape index (κ2) is 6.04. The first-order valence-corrected chi connectivity index (χ1v) is 7.39. The number of carbonyl (C=O) groups excluding carboxylic acids is 1. The van der Waals surface area contributed by atoms with E-state index in [1.165, 1.54) is 10.9 Å². The van der Waals surface area contributed by atoms with Gasteiger partial charge in [0, 0.05) is 18.5 Å². The zero-order chi connectivity index (χ0) is 17.2. The van der Waals surface area contributed by atoms with Crippen molar-refractivity contribution in [1.29, 1.82) is 0 Å². The molecule has 3 heterocycles. The molecule has 0 aliphatic carbocycles. The van der Waals surface area contributed by atoms with E-state index in [1.807, 2.05) is 0 Å². The summed E-state index contributed by atoms with van der Waals surface area (Å²) in [6, 6.07) is 8.53. The average molecular weight is 336 g/mol. The summed E-state index contributed by atoms with van der Waals surface area (Å²) in [6.07, 6.45) is 6.28. The van der Waals surface area contributed by atoms with Gasteiger partial charge in [0.1, 0.15) is 30.8 Å². The Kier molecular flexibility index (Phi) is 3.58. The van der Waals surface area contributed by atoms with Crippen molar-refractivity contribution in [2.75, 3.05) is 5.32 Å². The van der Waals surface area contributed by atoms with Crippen LogP contribution in [0.1, 0.15) is 0 Å². The molecule has 0 atom stereocenters. The minimum Gasteiger partial charge on any atom is -0.408 e. The van der Waals surface area contributed by atoms with Crippen molar-refractivity contribution in [3.05, 3.63) is 65.9 Å². The van der Waals surface area contributed by atoms with Crippen molar-refractivity contribution in [1.82, 2.24) is 24.1 Å². The molecule has 0 spiro atoms. The van der Waals surface area contributed by atoms with Crippen molar-refractivity contribution in [3.63, 3.8) is 0 Å². The number of fused-ring (bicyclic) bond motifs is 1. The zero-order valence-corrected chi connectivity index (χ0v) is 12.9. The highest BCUT2D eigenvalue weighted by Crippen LogP contribution is 2.12. The summed E-state index contributed by atoms with van der Waals surface area (Å²) in [7, 11) is 0. The number of nitrogens with zero attached hydrogens (tertiary/aromatic N) is 5. The van der Waals surface area contributed by atoms with E-state index >= 15 is 0 Å². The number of aromatic nitrogens is 5. The van der Waals surface area contributed by atoms with Gasteiger partial charge in [0.05, 0.1) is 5.52 Å². The largest absolute Gasteiger partial charge is 0.420 e. The van der Waals surface area contributed by atoms with Crippen molar-refractivity contribution in [3.8, 4) is 5.82 Å². The standard InChI is InChI=1S/C16H12N6O3/c23-15(8-22-11-3-1-2-4-12(11)25-16(22)24)20-13-7-14(19-9-18-13)21-6-5-17-10-21/h1-7,9-10H,8H2,(H,18,19,20,23). The third-order valence-electron chi connectivity index (χ3n) is 3.56. The highest BCUT2D eigenvalue weighted by molar-refractivity contribution is 5.90. The predicted octanol–water partition coefficient (Wildman–Crippen LogP) is 1.21. The third-order valence-corrected chi connectivity index (χ3v) is 3.56. The number of para-hydroxylation sites is 2. The normalized spacial score (nSPS) is 10.9. The molecular weight excluding hydrogens is 324 g/mol. The van der Waals surface area contributed by atoms with Gasteiger partial charge in [0.2, 0.25) is 5.91 Å². The smallest absolute Gasteiger partial charge is 0.408 e. The van der Waals surface area contributed by atoms with Crippen LogP contribution in [0.15, 0.2) is 64.6 Å². The quantitative estimate of drug-likeness (QED) is 0.600. The fourth-order valence-electron chi connectivity index (χ4n) is 2.44. The van der Waals surface area contributed by atoms with E-state index in [9.17, 15) is 9.59 Å². The van der Waals surface area contributed by atoms with Gasteiger partial charge in [-0.25, -0.2) is 19.7 Å². The summed E-state index contributed by atoms with van der Waals surface area (Å²) in [4.78, 5) is 36.3. The number of amides is 1. The molecule has 0 unspecified atom stereocenters. The van der Waals surface area contributed by atoms with E-state index in [4.69, 9.17) is 4.42 Å². The van der Waals surface area contributed by atoms with Gasteiger partial charge in [-0.1, -0.05) is 12.1 Å². The van der Waals surface area contributed by atoms with Crippen LogP contribution in [0, 0.1) is 0 Å². The van der Waals surface area contributed by atoms with Crippen LogP contribution in [0.3, 0.4) is 0 Å². The molecule has 1 aromatic carbocycles. The van der Waals surface area contributed by atoms with Gasteiger partial charge in [-0.05, 0) is 12.1 Å². The molecule has 0 fully saturated rings. The first-order valence-electron chi connectivity index (χ1n) is 7.39. The van der Waals surface area contributed by atoms with E-state index < -0.39 is 11.7 Å². The van der Waals surface area contributed by atoms with E-state index in [1.54, 1.807) is 53.6 Å². The van der Waals surface area contributed by atoms with Crippen LogP contribution < -0.4 is 11.1 Å². The summed E-state index contributed by atoms with van der Waals surface area (Å²) < 4.78 is 8.06. The molecule has 0 aliphatic rings. The molecule has 1 N–H and O–H groups in total. The van der Waals surface area contributed by atoms with E-state index in [0.717, 1.165) is 0 Å². The maximum atomic E-state index is 12.3. The van der Waals surface area contributed by atoms with Crippen molar-refractivity contribution in [2.45, 2.75) is 6.54 Å². The van der Waals surface area contributed by atoms with Gasteiger partial charge >= 0.3 is 5.76 Å². The molecule has 0 aliphatic heterocycles. The Balaban J connectivity index is 1.55. The average Bonchev–Trinajstić information content (AvgIpc) is 3.24. The van der Waals surface area contributed by atoms with Crippen molar-refractivity contribution in [2.24, 2.45) is 0 Å². The third kappa shape index (κ3) is 2.90. The molecule has 0 radical (unpaired) electrons. The Morgan fingerprint density at radius 1 is 1.24 bits per heavy atom. The van der Waals surface area contributed by atoms with Gasteiger partial charge in [-0.15, -0.1) is 0 Å². The SMILES string of the molecule is O=C(Cn1c(=O)oc2ccccc21)Nc1cc(-n2ccnc2)ncn1. The van der Waals surface area contributed by atoms with Crippen LogP contribution in [0.5, 0.6) is 0 Å². The van der Waals surface area contributed by atoms with Crippen LogP contribution >= 0.6 is 0 Å². The minimum atomic E-state index is -0.585. The van der Waals surface area contributed by atoms with Crippen molar-refractivity contribution >= 4 is 22.8 Å². The second-order valence-electron chi connectivity index (χ2n) is 5.20. The van der Waals surface area contributed by atoms with Gasteiger partial charge in [-0.2, -0.15) is 0 Å². The number of anilines is 1. The number of benzene rings is 1. The fourth-order valence-corrected chi connectivity index (χ4v) is 2.44. The topological polar surface area (TPSA) is 108 Å². The number of imidazole rings is 1. The van der Waals surface area contributed by atoms with Gasteiger partial charge < -0.3 is 9.73 Å². The number of hydrogen-bond acceptors (Lipinski definition) is 6. The molecule has 124 valence electrons. The molecular formula is C16H12N6O3. The summed E-state index contributed by atoms with van der Waals surface area (Å²) in [5, 5.41) is 2.65. The Labute approximate surface area is 140 Å². The molecule has 9 heteroatoms. The number of hydrogen-bond donors (Lipinski definition) is 1. The lowest BCUT2D eigenvalue weighted by molar-refractivity contribution is -0.116. The predicted molar refractivity (Wildman–Crippen MR) is 88.3 cm³/mol. The number of carbonyl (C=O) groups is 1. The first-order chi connectivity index (χ1) is 12.2. The Morgan fingerprint density at radius 3 is 2.96 bits per heavy atom. The van der Waals surface area contributed by atoms with Gasteiger partial charge in [-0.3, -0.25) is 13.9 Å². The fraction of sp³-hybridized carbons (Fsp3) is 0.0625. The number of oxazole rings is 1. The van der Waals surface area contributed by atoms with Crippen LogP contribution in [0.2, 0.25) is 0 Å². The van der Waals surface area contributed by atoms with Crippen molar-refractivity contribution < 1.29 is 9.21 Å².